The number of nitrogens with one attached hydrogen (secondary N) is 2. The van der Waals surface area contributed by atoms with Crippen molar-refractivity contribution < 1.29 is 4.74 Å². The molecule has 4 heteroatoms. The van der Waals surface area contributed by atoms with Gasteiger partial charge in [0, 0.05) is 6.54 Å². The van der Waals surface area contributed by atoms with Gasteiger partial charge in [-0.25, -0.2) is 0 Å². The molecule has 0 saturated carbocycles. The van der Waals surface area contributed by atoms with Gasteiger partial charge in [0.15, 0.2) is 5.96 Å². The van der Waals surface area contributed by atoms with E-state index in [-0.39, 0.29) is 6.04 Å². The maximum atomic E-state index is 8.51. The summed E-state index contributed by atoms with van der Waals surface area (Å²) in [5, 5.41) is 11.8. The smallest absolute Gasteiger partial charge is 0.196 e. The van der Waals surface area contributed by atoms with Crippen LogP contribution >= 0.6 is 0 Å². The van der Waals surface area contributed by atoms with Gasteiger partial charge in [0.1, 0.15) is 5.75 Å². The number of hydrogen-bond acceptors (Lipinski definition) is 2. The summed E-state index contributed by atoms with van der Waals surface area (Å²) in [4.78, 5) is 2.08. The van der Waals surface area contributed by atoms with Gasteiger partial charge < -0.3 is 15.0 Å². The summed E-state index contributed by atoms with van der Waals surface area (Å²) in [7, 11) is 1.68. The molecular weight excluding hydrogens is 322 g/mol. The van der Waals surface area contributed by atoms with Crippen molar-refractivity contribution in [3.8, 4) is 5.75 Å². The Bertz CT molecular complexity index is 771. The van der Waals surface area contributed by atoms with E-state index in [1.165, 1.54) is 16.7 Å². The summed E-state index contributed by atoms with van der Waals surface area (Å²) >= 11 is 0. The van der Waals surface area contributed by atoms with Crippen LogP contribution in [-0.4, -0.2) is 19.6 Å². The van der Waals surface area contributed by atoms with Crippen molar-refractivity contribution in [2.45, 2.75) is 45.6 Å². The van der Waals surface area contributed by atoms with Gasteiger partial charge in [-0.2, -0.15) is 0 Å². The summed E-state index contributed by atoms with van der Waals surface area (Å²) in [5.41, 5.74) is 5.00. The standard InChI is InChI=1S/C22H29N3O/c1-14(2)16-9-8-10-17(15(3)4)21(16)19-13-24-22(23)25(19)18-11-6-7-12-20(18)26-5/h6-12,14-15,19H,13H2,1-5H3,(H2,23,24). The van der Waals surface area contributed by atoms with E-state index >= 15 is 0 Å². The number of guanidine groups is 1. The number of rotatable bonds is 5. The van der Waals surface area contributed by atoms with Crippen LogP contribution in [0.15, 0.2) is 42.5 Å². The minimum atomic E-state index is 0.0785. The lowest BCUT2D eigenvalue weighted by Gasteiger charge is -2.31. The SMILES string of the molecule is COc1ccccc1N1C(=N)NCC1c1c(C(C)C)cccc1C(C)C. The van der Waals surface area contributed by atoms with E-state index < -0.39 is 0 Å². The highest BCUT2D eigenvalue weighted by atomic mass is 16.5. The predicted molar refractivity (Wildman–Crippen MR) is 109 cm³/mol. The molecule has 2 aromatic carbocycles. The Kier molecular flexibility index (Phi) is 5.21. The normalized spacial score (nSPS) is 17.1. The molecule has 138 valence electrons. The third-order valence-electron chi connectivity index (χ3n) is 5.11. The Morgan fingerprint density at radius 3 is 2.19 bits per heavy atom. The van der Waals surface area contributed by atoms with E-state index in [9.17, 15) is 0 Å². The second-order valence-electron chi connectivity index (χ2n) is 7.45. The van der Waals surface area contributed by atoms with Gasteiger partial charge in [-0.15, -0.1) is 0 Å². The first-order chi connectivity index (χ1) is 12.5. The molecule has 0 aliphatic carbocycles. The highest BCUT2D eigenvalue weighted by Crippen LogP contribution is 2.41. The lowest BCUT2D eigenvalue weighted by Crippen LogP contribution is -2.31. The Balaban J connectivity index is 2.18. The molecule has 1 fully saturated rings. The Morgan fingerprint density at radius 2 is 1.62 bits per heavy atom. The van der Waals surface area contributed by atoms with Crippen molar-refractivity contribution in [1.29, 1.82) is 5.41 Å². The zero-order chi connectivity index (χ0) is 18.8. The highest BCUT2D eigenvalue weighted by molar-refractivity contribution is 5.98. The summed E-state index contributed by atoms with van der Waals surface area (Å²) in [5.74, 6) is 2.07. The third kappa shape index (κ3) is 3.16. The monoisotopic (exact) mass is 351 g/mol. The number of ether oxygens (including phenoxy) is 1. The fourth-order valence-electron chi connectivity index (χ4n) is 3.87. The van der Waals surface area contributed by atoms with Crippen molar-refractivity contribution in [2.24, 2.45) is 0 Å². The first kappa shape index (κ1) is 18.3. The first-order valence-corrected chi connectivity index (χ1v) is 9.33. The maximum Gasteiger partial charge on any atom is 0.196 e. The van der Waals surface area contributed by atoms with E-state index in [1.54, 1.807) is 7.11 Å². The number of nitrogens with zero attached hydrogens (tertiary/aromatic N) is 1. The Hall–Kier alpha value is -2.49. The topological polar surface area (TPSA) is 48.4 Å². The van der Waals surface area contributed by atoms with Crippen LogP contribution in [0.3, 0.4) is 0 Å². The summed E-state index contributed by atoms with van der Waals surface area (Å²) in [6.07, 6.45) is 0. The van der Waals surface area contributed by atoms with Crippen LogP contribution in [0, 0.1) is 5.41 Å². The van der Waals surface area contributed by atoms with Gasteiger partial charge in [-0.3, -0.25) is 5.41 Å². The van der Waals surface area contributed by atoms with Gasteiger partial charge >= 0.3 is 0 Å². The van der Waals surface area contributed by atoms with Crippen LogP contribution in [0.4, 0.5) is 5.69 Å². The van der Waals surface area contributed by atoms with Gasteiger partial charge in [0.25, 0.3) is 0 Å². The van der Waals surface area contributed by atoms with Crippen molar-refractivity contribution in [2.75, 3.05) is 18.6 Å². The fourth-order valence-corrected chi connectivity index (χ4v) is 3.87. The second-order valence-corrected chi connectivity index (χ2v) is 7.45. The lowest BCUT2D eigenvalue weighted by atomic mass is 9.84. The zero-order valence-corrected chi connectivity index (χ0v) is 16.3. The molecule has 0 amide bonds. The number of para-hydroxylation sites is 2. The molecule has 1 aliphatic heterocycles. The highest BCUT2D eigenvalue weighted by Gasteiger charge is 2.35. The van der Waals surface area contributed by atoms with Crippen molar-refractivity contribution in [1.82, 2.24) is 5.32 Å². The van der Waals surface area contributed by atoms with E-state index in [2.05, 4.69) is 56.1 Å². The molecule has 2 aromatic rings. The molecule has 0 bridgehead atoms. The first-order valence-electron chi connectivity index (χ1n) is 9.33. The van der Waals surface area contributed by atoms with E-state index in [4.69, 9.17) is 10.1 Å². The molecule has 26 heavy (non-hydrogen) atoms. The van der Waals surface area contributed by atoms with Crippen LogP contribution in [0.25, 0.3) is 0 Å². The van der Waals surface area contributed by atoms with Crippen LogP contribution < -0.4 is 15.0 Å². The van der Waals surface area contributed by atoms with Gasteiger partial charge in [0.2, 0.25) is 0 Å². The largest absolute Gasteiger partial charge is 0.495 e. The van der Waals surface area contributed by atoms with Gasteiger partial charge in [0.05, 0.1) is 18.8 Å². The minimum absolute atomic E-state index is 0.0785. The summed E-state index contributed by atoms with van der Waals surface area (Å²) < 4.78 is 5.58. The lowest BCUT2D eigenvalue weighted by molar-refractivity contribution is 0.415. The molecule has 0 aromatic heterocycles. The van der Waals surface area contributed by atoms with Crippen LogP contribution in [0.5, 0.6) is 5.75 Å². The molecule has 1 heterocycles. The van der Waals surface area contributed by atoms with Gasteiger partial charge in [-0.1, -0.05) is 58.0 Å². The number of methoxy groups -OCH3 is 1. The molecule has 2 N–H and O–H groups in total. The molecular formula is C22H29N3O. The van der Waals surface area contributed by atoms with Crippen molar-refractivity contribution in [3.63, 3.8) is 0 Å². The zero-order valence-electron chi connectivity index (χ0n) is 16.3. The van der Waals surface area contributed by atoms with Crippen LogP contribution in [-0.2, 0) is 0 Å². The molecule has 3 rings (SSSR count). The second kappa shape index (κ2) is 7.40. The van der Waals surface area contributed by atoms with E-state index in [1.807, 2.05) is 24.3 Å². The number of benzene rings is 2. The molecule has 1 saturated heterocycles. The number of hydrogen-bond donors (Lipinski definition) is 2. The summed E-state index contributed by atoms with van der Waals surface area (Å²) in [6.45, 7) is 9.68. The fraction of sp³-hybridized carbons (Fsp3) is 0.409. The van der Waals surface area contributed by atoms with Gasteiger partial charge in [-0.05, 0) is 40.7 Å². The minimum Gasteiger partial charge on any atom is -0.495 e. The maximum absolute atomic E-state index is 8.51. The molecule has 1 unspecified atom stereocenters. The average molecular weight is 351 g/mol. The average Bonchev–Trinajstić information content (AvgIpc) is 3.01. The van der Waals surface area contributed by atoms with Crippen LogP contribution in [0.2, 0.25) is 0 Å². The van der Waals surface area contributed by atoms with Crippen molar-refractivity contribution >= 4 is 11.6 Å². The van der Waals surface area contributed by atoms with Crippen LogP contribution in [0.1, 0.15) is 62.3 Å². The molecule has 0 radical (unpaired) electrons. The van der Waals surface area contributed by atoms with E-state index in [0.717, 1.165) is 18.0 Å². The van der Waals surface area contributed by atoms with Crippen molar-refractivity contribution in [3.05, 3.63) is 59.2 Å². The molecule has 4 nitrogen and oxygen atoms in total. The third-order valence-corrected chi connectivity index (χ3v) is 5.11. The summed E-state index contributed by atoms with van der Waals surface area (Å²) in [6, 6.07) is 14.6. The number of anilines is 1. The Morgan fingerprint density at radius 1 is 1.00 bits per heavy atom. The Labute approximate surface area is 156 Å². The predicted octanol–water partition coefficient (Wildman–Crippen LogP) is 5.03. The van der Waals surface area contributed by atoms with E-state index in [0.29, 0.717) is 17.8 Å². The molecule has 0 spiro atoms. The quantitative estimate of drug-likeness (QED) is 0.794. The molecule has 1 atom stereocenters. The molecule has 1 aliphatic rings.